The molecular weight excluding hydrogens is 459 g/mol. The number of aromatic amines is 1. The van der Waals surface area contributed by atoms with Crippen molar-refractivity contribution in [3.8, 4) is 22.8 Å². The van der Waals surface area contributed by atoms with Crippen LogP contribution in [-0.4, -0.2) is 58.4 Å². The molecule has 10 nitrogen and oxygen atoms in total. The molecule has 0 radical (unpaired) electrons. The zero-order valence-electron chi connectivity index (χ0n) is 16.0. The predicted molar refractivity (Wildman–Crippen MR) is 102 cm³/mol. The van der Waals surface area contributed by atoms with Crippen molar-refractivity contribution in [2.45, 2.75) is 11.1 Å². The van der Waals surface area contributed by atoms with E-state index in [1.165, 1.54) is 0 Å². The van der Waals surface area contributed by atoms with Gasteiger partial charge in [0.05, 0.1) is 4.90 Å². The van der Waals surface area contributed by atoms with Gasteiger partial charge in [0.1, 0.15) is 5.75 Å². The lowest BCUT2D eigenvalue weighted by Crippen LogP contribution is -2.21. The smallest absolute Gasteiger partial charge is 0.476 e. The molecule has 0 aliphatic heterocycles. The van der Waals surface area contributed by atoms with Gasteiger partial charge in [-0.15, -0.1) is 0 Å². The highest BCUT2D eigenvalue weighted by Crippen LogP contribution is 2.26. The van der Waals surface area contributed by atoms with E-state index < -0.39 is 28.0 Å². The molecule has 32 heavy (non-hydrogen) atoms. The zero-order chi connectivity index (χ0) is 24.1. The third-order valence-electron chi connectivity index (χ3n) is 3.66. The number of ether oxygens (including phenoxy) is 1. The molecule has 1 aromatic heterocycles. The maximum Gasteiger partial charge on any atom is 0.490 e. The number of alkyl halides is 3. The van der Waals surface area contributed by atoms with E-state index in [9.17, 15) is 26.4 Å². The zero-order valence-corrected chi connectivity index (χ0v) is 16.8. The van der Waals surface area contributed by atoms with Gasteiger partial charge in [0.25, 0.3) is 5.88 Å². The fourth-order valence-corrected chi connectivity index (χ4v) is 2.78. The lowest BCUT2D eigenvalue weighted by atomic mass is 10.1. The van der Waals surface area contributed by atoms with E-state index in [0.717, 1.165) is 17.4 Å². The van der Waals surface area contributed by atoms with Crippen molar-refractivity contribution in [3.05, 3.63) is 54.2 Å². The number of H-pyrrole nitrogens is 1. The van der Waals surface area contributed by atoms with Crippen molar-refractivity contribution in [1.29, 1.82) is 0 Å². The van der Waals surface area contributed by atoms with E-state index >= 15 is 0 Å². The Morgan fingerprint density at radius 2 is 1.44 bits per heavy atom. The van der Waals surface area contributed by atoms with Gasteiger partial charge in [-0.2, -0.15) is 13.2 Å². The normalized spacial score (nSPS) is 11.2. The predicted octanol–water partition coefficient (Wildman–Crippen LogP) is 3.00. The van der Waals surface area contributed by atoms with Gasteiger partial charge in [0.2, 0.25) is 5.69 Å². The number of sulfone groups is 1. The van der Waals surface area contributed by atoms with Gasteiger partial charge < -0.3 is 14.9 Å². The van der Waals surface area contributed by atoms with E-state index in [1.807, 2.05) is 0 Å². The Kier molecular flexibility index (Phi) is 7.20. The van der Waals surface area contributed by atoms with Gasteiger partial charge in [-0.3, -0.25) is 0 Å². The average Bonchev–Trinajstić information content (AvgIpc) is 3.16. The molecule has 0 aliphatic rings. The van der Waals surface area contributed by atoms with Crippen molar-refractivity contribution in [3.63, 3.8) is 0 Å². The van der Waals surface area contributed by atoms with Crippen LogP contribution < -0.4 is 4.74 Å². The first kappa shape index (κ1) is 24.3. The number of aromatic nitrogens is 3. The lowest BCUT2D eigenvalue weighted by Gasteiger charge is -2.06. The Bertz CT molecular complexity index is 1210. The van der Waals surface area contributed by atoms with Gasteiger partial charge >= 0.3 is 18.1 Å². The van der Waals surface area contributed by atoms with Gasteiger partial charge in [-0.25, -0.2) is 23.1 Å². The number of halogens is 3. The largest absolute Gasteiger partial charge is 0.490 e. The first-order valence-corrected chi connectivity index (χ1v) is 10.2. The second kappa shape index (κ2) is 9.47. The second-order valence-corrected chi connectivity index (χ2v) is 8.04. The highest BCUT2D eigenvalue weighted by Gasteiger charge is 2.38. The van der Waals surface area contributed by atoms with Crippen molar-refractivity contribution in [2.24, 2.45) is 0 Å². The quantitative estimate of drug-likeness (QED) is 0.506. The van der Waals surface area contributed by atoms with Crippen LogP contribution in [0.15, 0.2) is 53.4 Å². The molecule has 0 saturated heterocycles. The maximum atomic E-state index is 11.5. The third-order valence-corrected chi connectivity index (χ3v) is 4.79. The number of carbonyl (C=O) groups is 2. The molecule has 0 amide bonds. The monoisotopic (exact) mass is 473 g/mol. The highest BCUT2D eigenvalue weighted by atomic mass is 32.2. The molecular formula is C18H14F3N3O7S. The van der Waals surface area contributed by atoms with E-state index in [0.29, 0.717) is 5.75 Å². The number of carboxylic acids is 2. The summed E-state index contributed by atoms with van der Waals surface area (Å²) >= 11 is 0. The van der Waals surface area contributed by atoms with Gasteiger partial charge in [0, 0.05) is 6.26 Å². The molecule has 0 atom stereocenters. The molecule has 2 aromatic carbocycles. The van der Waals surface area contributed by atoms with Gasteiger partial charge in [0.15, 0.2) is 9.84 Å². The minimum atomic E-state index is -5.08. The summed E-state index contributed by atoms with van der Waals surface area (Å²) in [7, 11) is -3.23. The molecule has 0 spiro atoms. The summed E-state index contributed by atoms with van der Waals surface area (Å²) < 4.78 is 60.1. The minimum Gasteiger partial charge on any atom is -0.476 e. The number of rotatable bonds is 5. The van der Waals surface area contributed by atoms with Crippen LogP contribution in [0, 0.1) is 0 Å². The number of carboxylic acid groups (broad SMARTS) is 2. The Morgan fingerprint density at radius 1 is 0.969 bits per heavy atom. The van der Waals surface area contributed by atoms with E-state index in [2.05, 4.69) is 15.4 Å². The van der Waals surface area contributed by atoms with E-state index in [-0.39, 0.29) is 16.5 Å². The van der Waals surface area contributed by atoms with E-state index in [1.54, 1.807) is 48.5 Å². The van der Waals surface area contributed by atoms with Crippen molar-refractivity contribution in [1.82, 2.24) is 15.4 Å². The molecule has 3 rings (SSSR count). The molecule has 3 aromatic rings. The van der Waals surface area contributed by atoms with Crippen molar-refractivity contribution in [2.75, 3.05) is 6.26 Å². The van der Waals surface area contributed by atoms with Crippen molar-refractivity contribution >= 4 is 21.8 Å². The van der Waals surface area contributed by atoms with E-state index in [4.69, 9.17) is 19.7 Å². The molecule has 0 fully saturated rings. The summed E-state index contributed by atoms with van der Waals surface area (Å²) in [4.78, 5) is 20.1. The third kappa shape index (κ3) is 6.53. The maximum absolute atomic E-state index is 11.5. The standard InChI is InChI=1S/C16H13N3O5S.C2HF3O2/c1-25(22,23)13-8-4-11(5-9-13)10-2-6-12(7-3-10)24-15-14(16(20)21)17-19-18-15;3-2(4,5)1(6)7/h2-9H,1H3,(H,20,21)(H,17,18,19);(H,6,7). The summed E-state index contributed by atoms with van der Waals surface area (Å²) in [5.74, 6) is -3.71. The lowest BCUT2D eigenvalue weighted by molar-refractivity contribution is -0.192. The topological polar surface area (TPSA) is 160 Å². The molecule has 170 valence electrons. The molecule has 0 unspecified atom stereocenters. The summed E-state index contributed by atoms with van der Waals surface area (Å²) in [6.45, 7) is 0. The van der Waals surface area contributed by atoms with Gasteiger partial charge in [-0.05, 0) is 35.4 Å². The number of nitrogens with one attached hydrogen (secondary N) is 1. The van der Waals surface area contributed by atoms with Gasteiger partial charge in [-0.1, -0.05) is 34.6 Å². The van der Waals surface area contributed by atoms with Crippen LogP contribution in [0.25, 0.3) is 11.1 Å². The first-order valence-electron chi connectivity index (χ1n) is 8.32. The molecule has 3 N–H and O–H groups in total. The molecule has 1 heterocycles. The first-order chi connectivity index (χ1) is 14.8. The molecule has 0 saturated carbocycles. The van der Waals surface area contributed by atoms with Crippen LogP contribution in [0.3, 0.4) is 0 Å². The summed E-state index contributed by atoms with van der Waals surface area (Å²) in [6, 6.07) is 13.4. The number of aliphatic carboxylic acids is 1. The Balaban J connectivity index is 0.000000451. The fourth-order valence-electron chi connectivity index (χ4n) is 2.15. The Morgan fingerprint density at radius 3 is 1.84 bits per heavy atom. The van der Waals surface area contributed by atoms with Crippen molar-refractivity contribution < 1.29 is 46.1 Å². The summed E-state index contributed by atoms with van der Waals surface area (Å²) in [5.41, 5.74) is 1.46. The number of hydrogen-bond acceptors (Lipinski definition) is 7. The summed E-state index contributed by atoms with van der Waals surface area (Å²) in [5, 5.41) is 25.3. The van der Waals surface area contributed by atoms with Crippen LogP contribution in [0.1, 0.15) is 10.5 Å². The molecule has 14 heteroatoms. The molecule has 0 aliphatic carbocycles. The highest BCUT2D eigenvalue weighted by molar-refractivity contribution is 7.90. The van der Waals surface area contributed by atoms with Crippen LogP contribution >= 0.6 is 0 Å². The average molecular weight is 473 g/mol. The fraction of sp³-hybridized carbons (Fsp3) is 0.111. The Hall–Kier alpha value is -3.94. The minimum absolute atomic E-state index is 0.127. The Labute approximate surface area is 178 Å². The number of nitrogens with zero attached hydrogens (tertiary/aromatic N) is 2. The SMILES string of the molecule is CS(=O)(=O)c1ccc(-c2ccc(Oc3nn[nH]c3C(=O)O)cc2)cc1.O=C(O)C(F)(F)F. The second-order valence-electron chi connectivity index (χ2n) is 6.02. The summed E-state index contributed by atoms with van der Waals surface area (Å²) in [6.07, 6.45) is -3.93. The van der Waals surface area contributed by atoms with Crippen LogP contribution in [0.2, 0.25) is 0 Å². The van der Waals surface area contributed by atoms with Crippen LogP contribution in [0.5, 0.6) is 11.6 Å². The number of benzene rings is 2. The number of hydrogen-bond donors (Lipinski definition) is 3. The van der Waals surface area contributed by atoms with Crippen LogP contribution in [0.4, 0.5) is 13.2 Å². The molecule has 0 bridgehead atoms. The van der Waals surface area contributed by atoms with Crippen LogP contribution in [-0.2, 0) is 14.6 Å². The number of aromatic carboxylic acids is 1.